The van der Waals surface area contributed by atoms with E-state index in [1.807, 2.05) is 10.8 Å². The van der Waals surface area contributed by atoms with Crippen LogP contribution in [0.2, 0.25) is 0 Å². The molecule has 0 aliphatic carbocycles. The van der Waals surface area contributed by atoms with Crippen LogP contribution in [0.4, 0.5) is 0 Å². The SMILES string of the molecule is O=C(O)Cc1cc(Br)c(Oc2ccc(O)c(Oc3ccsc3)c2)c(Br)c1. The first-order valence-electron chi connectivity index (χ1n) is 7.33. The van der Waals surface area contributed by atoms with Crippen LogP contribution in [0.3, 0.4) is 0 Å². The van der Waals surface area contributed by atoms with Crippen LogP contribution in [0.1, 0.15) is 5.56 Å². The van der Waals surface area contributed by atoms with Gasteiger partial charge in [0.2, 0.25) is 0 Å². The molecule has 2 N–H and O–H groups in total. The highest BCUT2D eigenvalue weighted by molar-refractivity contribution is 9.11. The quantitative estimate of drug-likeness (QED) is 0.422. The highest BCUT2D eigenvalue weighted by atomic mass is 79.9. The minimum atomic E-state index is -0.911. The molecule has 5 nitrogen and oxygen atoms in total. The zero-order chi connectivity index (χ0) is 18.7. The number of carboxylic acids is 1. The van der Waals surface area contributed by atoms with Crippen molar-refractivity contribution in [3.63, 3.8) is 0 Å². The van der Waals surface area contributed by atoms with Gasteiger partial charge in [0.1, 0.15) is 11.5 Å². The van der Waals surface area contributed by atoms with Crippen LogP contribution in [0.25, 0.3) is 0 Å². The molecule has 1 aromatic heterocycles. The van der Waals surface area contributed by atoms with E-state index in [1.165, 1.54) is 17.4 Å². The molecular formula is C18H12Br2O5S. The third-order valence-corrected chi connectivity index (χ3v) is 5.13. The molecule has 0 unspecified atom stereocenters. The number of benzene rings is 2. The van der Waals surface area contributed by atoms with Gasteiger partial charge in [-0.05, 0) is 73.1 Å². The summed E-state index contributed by atoms with van der Waals surface area (Å²) >= 11 is 8.29. The van der Waals surface area contributed by atoms with E-state index >= 15 is 0 Å². The third kappa shape index (κ3) is 4.57. The van der Waals surface area contributed by atoms with Gasteiger partial charge in [0, 0.05) is 11.4 Å². The third-order valence-electron chi connectivity index (χ3n) is 3.29. The summed E-state index contributed by atoms with van der Waals surface area (Å²) in [6.45, 7) is 0. The number of hydrogen-bond donors (Lipinski definition) is 2. The summed E-state index contributed by atoms with van der Waals surface area (Å²) in [5.41, 5.74) is 0.635. The van der Waals surface area contributed by atoms with Crippen molar-refractivity contribution >= 4 is 49.2 Å². The van der Waals surface area contributed by atoms with Crippen LogP contribution in [0.5, 0.6) is 28.7 Å². The summed E-state index contributed by atoms with van der Waals surface area (Å²) in [4.78, 5) is 10.9. The smallest absolute Gasteiger partial charge is 0.307 e. The number of phenols is 1. The molecule has 2 aromatic carbocycles. The van der Waals surface area contributed by atoms with Crippen molar-refractivity contribution < 1.29 is 24.5 Å². The summed E-state index contributed by atoms with van der Waals surface area (Å²) < 4.78 is 12.7. The number of aromatic hydroxyl groups is 1. The minimum Gasteiger partial charge on any atom is -0.504 e. The van der Waals surface area contributed by atoms with E-state index in [0.717, 1.165) is 0 Å². The Bertz CT molecular complexity index is 918. The van der Waals surface area contributed by atoms with E-state index in [9.17, 15) is 9.90 Å². The highest BCUT2D eigenvalue weighted by Gasteiger charge is 2.14. The molecule has 1 heterocycles. The molecule has 0 saturated heterocycles. The number of hydrogen-bond acceptors (Lipinski definition) is 5. The molecule has 0 aliphatic rings. The lowest BCUT2D eigenvalue weighted by molar-refractivity contribution is -0.136. The molecule has 0 aliphatic heterocycles. The van der Waals surface area contributed by atoms with Crippen molar-refractivity contribution in [1.82, 2.24) is 0 Å². The fourth-order valence-corrected chi connectivity index (χ4v) is 4.18. The fraction of sp³-hybridized carbons (Fsp3) is 0.0556. The molecule has 0 amide bonds. The second kappa shape index (κ2) is 8.11. The van der Waals surface area contributed by atoms with Gasteiger partial charge >= 0.3 is 5.97 Å². The van der Waals surface area contributed by atoms with Gasteiger partial charge in [-0.15, -0.1) is 11.3 Å². The van der Waals surface area contributed by atoms with Gasteiger partial charge in [0.25, 0.3) is 0 Å². The largest absolute Gasteiger partial charge is 0.504 e. The van der Waals surface area contributed by atoms with Gasteiger partial charge < -0.3 is 19.7 Å². The number of rotatable bonds is 6. The average Bonchev–Trinajstić information content (AvgIpc) is 3.06. The van der Waals surface area contributed by atoms with E-state index < -0.39 is 5.97 Å². The van der Waals surface area contributed by atoms with Gasteiger partial charge in [0.15, 0.2) is 17.2 Å². The first kappa shape index (κ1) is 18.8. The number of carbonyl (C=O) groups is 1. The molecule has 3 rings (SSSR count). The van der Waals surface area contributed by atoms with Crippen LogP contribution in [0, 0.1) is 0 Å². The second-order valence-electron chi connectivity index (χ2n) is 5.25. The van der Waals surface area contributed by atoms with E-state index in [4.69, 9.17) is 14.6 Å². The Balaban J connectivity index is 1.86. The number of carboxylic acid groups (broad SMARTS) is 1. The fourth-order valence-electron chi connectivity index (χ4n) is 2.18. The predicted molar refractivity (Wildman–Crippen MR) is 106 cm³/mol. The summed E-state index contributed by atoms with van der Waals surface area (Å²) in [5.74, 6) is 0.940. The van der Waals surface area contributed by atoms with E-state index in [-0.39, 0.29) is 17.9 Å². The zero-order valence-electron chi connectivity index (χ0n) is 13.1. The molecule has 3 aromatic rings. The lowest BCUT2D eigenvalue weighted by atomic mass is 10.1. The van der Waals surface area contributed by atoms with Crippen molar-refractivity contribution in [2.45, 2.75) is 6.42 Å². The Morgan fingerprint density at radius 2 is 1.77 bits per heavy atom. The Labute approximate surface area is 170 Å². The van der Waals surface area contributed by atoms with Crippen molar-refractivity contribution in [2.75, 3.05) is 0 Å². The molecular weight excluding hydrogens is 488 g/mol. The molecule has 0 spiro atoms. The molecule has 0 atom stereocenters. The van der Waals surface area contributed by atoms with Crippen LogP contribution < -0.4 is 9.47 Å². The average molecular weight is 500 g/mol. The van der Waals surface area contributed by atoms with Crippen molar-refractivity contribution in [3.05, 3.63) is 61.7 Å². The Hall–Kier alpha value is -2.03. The van der Waals surface area contributed by atoms with Crippen LogP contribution in [-0.4, -0.2) is 16.2 Å². The summed E-state index contributed by atoms with van der Waals surface area (Å²) in [6.07, 6.45) is -0.0880. The number of halogens is 2. The maximum absolute atomic E-state index is 10.9. The highest BCUT2D eigenvalue weighted by Crippen LogP contribution is 2.41. The lowest BCUT2D eigenvalue weighted by Gasteiger charge is -2.13. The van der Waals surface area contributed by atoms with Crippen molar-refractivity contribution in [2.24, 2.45) is 0 Å². The molecule has 0 saturated carbocycles. The molecule has 8 heteroatoms. The normalized spacial score (nSPS) is 10.5. The minimum absolute atomic E-state index is 0.00140. The van der Waals surface area contributed by atoms with E-state index in [1.54, 1.807) is 30.3 Å². The second-order valence-corrected chi connectivity index (χ2v) is 7.74. The van der Waals surface area contributed by atoms with Gasteiger partial charge in [-0.25, -0.2) is 0 Å². The summed E-state index contributed by atoms with van der Waals surface area (Å²) in [5, 5.41) is 22.6. The zero-order valence-corrected chi connectivity index (χ0v) is 17.1. The molecule has 134 valence electrons. The number of thiophene rings is 1. The first-order valence-corrected chi connectivity index (χ1v) is 9.86. The van der Waals surface area contributed by atoms with Crippen LogP contribution in [-0.2, 0) is 11.2 Å². The number of ether oxygens (including phenoxy) is 2. The standard InChI is InChI=1S/C18H12Br2O5S/c19-13-5-10(7-17(22)23)6-14(20)18(13)25-11-1-2-15(21)16(8-11)24-12-3-4-26-9-12/h1-6,8-9,21H,7H2,(H,22,23). The maximum atomic E-state index is 10.9. The number of aliphatic carboxylic acids is 1. The topological polar surface area (TPSA) is 76.0 Å². The van der Waals surface area contributed by atoms with Gasteiger partial charge in [-0.3, -0.25) is 4.79 Å². The van der Waals surface area contributed by atoms with Gasteiger partial charge in [0.05, 0.1) is 15.4 Å². The predicted octanol–water partition coefficient (Wildman–Crippen LogP) is 6.19. The molecule has 0 radical (unpaired) electrons. The Morgan fingerprint density at radius 1 is 1.04 bits per heavy atom. The molecule has 26 heavy (non-hydrogen) atoms. The maximum Gasteiger partial charge on any atom is 0.307 e. The van der Waals surface area contributed by atoms with Gasteiger partial charge in [-0.2, -0.15) is 0 Å². The van der Waals surface area contributed by atoms with E-state index in [0.29, 0.717) is 31.8 Å². The Morgan fingerprint density at radius 3 is 2.38 bits per heavy atom. The lowest BCUT2D eigenvalue weighted by Crippen LogP contribution is -2.00. The van der Waals surface area contributed by atoms with Gasteiger partial charge in [-0.1, -0.05) is 0 Å². The Kier molecular flexibility index (Phi) is 5.85. The summed E-state index contributed by atoms with van der Waals surface area (Å²) in [6, 6.07) is 9.86. The molecule has 0 bridgehead atoms. The van der Waals surface area contributed by atoms with Crippen molar-refractivity contribution in [3.8, 4) is 28.7 Å². The van der Waals surface area contributed by atoms with E-state index in [2.05, 4.69) is 31.9 Å². The molecule has 0 fully saturated rings. The van der Waals surface area contributed by atoms with Crippen LogP contribution >= 0.6 is 43.2 Å². The van der Waals surface area contributed by atoms with Crippen LogP contribution in [0.15, 0.2) is 56.1 Å². The summed E-state index contributed by atoms with van der Waals surface area (Å²) in [7, 11) is 0. The number of phenolic OH excluding ortho intramolecular Hbond substituents is 1. The van der Waals surface area contributed by atoms with Crippen molar-refractivity contribution in [1.29, 1.82) is 0 Å². The first-order chi connectivity index (χ1) is 12.4. The monoisotopic (exact) mass is 498 g/mol.